The van der Waals surface area contributed by atoms with Crippen LogP contribution < -0.4 is 0 Å². The maximum absolute atomic E-state index is 5.89. The quantitative estimate of drug-likeness (QED) is 0.637. The second kappa shape index (κ2) is 5.01. The lowest BCUT2D eigenvalue weighted by Crippen LogP contribution is -2.35. The van der Waals surface area contributed by atoms with Crippen molar-refractivity contribution in [2.45, 2.75) is 0 Å². The summed E-state index contributed by atoms with van der Waals surface area (Å²) in [6.07, 6.45) is 3.57. The maximum atomic E-state index is 5.89. The first-order chi connectivity index (χ1) is 10.1. The van der Waals surface area contributed by atoms with Gasteiger partial charge in [0.05, 0.1) is 0 Å². The molecule has 0 aliphatic rings. The van der Waals surface area contributed by atoms with E-state index in [1.807, 2.05) is 62.4 Å². The van der Waals surface area contributed by atoms with Gasteiger partial charge in [-0.25, -0.2) is 0 Å². The normalized spacial score (nSPS) is 10.9. The van der Waals surface area contributed by atoms with E-state index >= 15 is 0 Å². The molecular formula is C14H17N6O+. The van der Waals surface area contributed by atoms with Crippen molar-refractivity contribution >= 4 is 27.8 Å². The van der Waals surface area contributed by atoms with Crippen molar-refractivity contribution in [1.29, 1.82) is 0 Å². The molecule has 0 saturated carbocycles. The molecule has 0 fully saturated rings. The number of nitrogens with zero attached hydrogens (tertiary/aromatic N) is 6. The summed E-state index contributed by atoms with van der Waals surface area (Å²) in [5.74, 6) is 0. The van der Waals surface area contributed by atoms with E-state index in [4.69, 9.17) is 4.53 Å². The van der Waals surface area contributed by atoms with E-state index in [0.29, 0.717) is 6.03 Å². The number of aromatic nitrogens is 4. The van der Waals surface area contributed by atoms with E-state index in [1.165, 1.54) is 4.85 Å². The van der Waals surface area contributed by atoms with Gasteiger partial charge in [-0.3, -0.25) is 14.8 Å². The molecule has 1 aromatic carbocycles. The first-order valence-electron chi connectivity index (χ1n) is 6.56. The van der Waals surface area contributed by atoms with Gasteiger partial charge in [0.15, 0.2) is 5.52 Å². The van der Waals surface area contributed by atoms with Crippen molar-refractivity contribution in [2.75, 3.05) is 28.2 Å². The zero-order chi connectivity index (χ0) is 15.0. The molecule has 3 rings (SSSR count). The molecule has 0 spiro atoms. The molecule has 108 valence electrons. The Balaban J connectivity index is 2.28. The summed E-state index contributed by atoms with van der Waals surface area (Å²) in [6, 6.07) is 6.49. The molecule has 3 aromatic rings. The van der Waals surface area contributed by atoms with Gasteiger partial charge in [-0.2, -0.15) is 0 Å². The van der Waals surface area contributed by atoms with Crippen LogP contribution in [0.4, 0.5) is 4.53 Å². The first-order valence-corrected chi connectivity index (χ1v) is 6.56. The van der Waals surface area contributed by atoms with E-state index in [-0.39, 0.29) is 0 Å². The van der Waals surface area contributed by atoms with Crippen LogP contribution in [0.25, 0.3) is 21.8 Å². The molecule has 2 heterocycles. The third kappa shape index (κ3) is 2.26. The molecule has 0 unspecified atom stereocenters. The van der Waals surface area contributed by atoms with Gasteiger partial charge in [-0.15, -0.1) is 5.10 Å². The van der Waals surface area contributed by atoms with Crippen LogP contribution in [0.1, 0.15) is 0 Å². The van der Waals surface area contributed by atoms with Gasteiger partial charge in [0, 0.05) is 56.6 Å². The zero-order valence-corrected chi connectivity index (χ0v) is 12.5. The lowest BCUT2D eigenvalue weighted by molar-refractivity contribution is -0.244. The van der Waals surface area contributed by atoms with Crippen LogP contribution in [-0.4, -0.2) is 64.2 Å². The Morgan fingerprint density at radius 3 is 2.57 bits per heavy atom. The summed E-state index contributed by atoms with van der Waals surface area (Å²) in [4.78, 5) is 9.34. The minimum Gasteiger partial charge on any atom is -0.279 e. The van der Waals surface area contributed by atoms with Gasteiger partial charge in [0.1, 0.15) is 10.4 Å². The summed E-state index contributed by atoms with van der Waals surface area (Å²) >= 11 is 0. The molecule has 7 heteroatoms. The average molecular weight is 285 g/mol. The molecule has 0 saturated heterocycles. The molecule has 0 bridgehead atoms. The standard InChI is InChI=1S/C14H17N6O/c1-18(2)14(19(3)4)21-20-13-11-7-8-15-9-10(11)5-6-12(13)16-17-20/h5-9H,1-4H3/q+1. The first kappa shape index (κ1) is 13.3. The van der Waals surface area contributed by atoms with E-state index in [0.717, 1.165) is 21.8 Å². The number of pyridine rings is 1. The number of carbonyl (C=O) groups excluding carboxylic acids is 1. The molecule has 2 aromatic heterocycles. The fraction of sp³-hybridized carbons (Fsp3) is 0.286. The number of fused-ring (bicyclic) bond motifs is 3. The Labute approximate surface area is 122 Å². The van der Waals surface area contributed by atoms with Crippen LogP contribution in [-0.2, 0) is 0 Å². The summed E-state index contributed by atoms with van der Waals surface area (Å²) in [6.45, 7) is 0. The number of amides is 2. The molecule has 21 heavy (non-hydrogen) atoms. The Kier molecular flexibility index (Phi) is 3.17. The fourth-order valence-corrected chi connectivity index (χ4v) is 2.26. The van der Waals surface area contributed by atoms with Gasteiger partial charge >= 0.3 is 6.03 Å². The summed E-state index contributed by atoms with van der Waals surface area (Å²) in [5.41, 5.74) is 1.61. The molecule has 0 aliphatic heterocycles. The maximum Gasteiger partial charge on any atom is 0.554 e. The van der Waals surface area contributed by atoms with E-state index in [1.54, 1.807) is 6.20 Å². The highest BCUT2D eigenvalue weighted by Gasteiger charge is 2.23. The van der Waals surface area contributed by atoms with E-state index in [2.05, 4.69) is 15.3 Å². The zero-order valence-electron chi connectivity index (χ0n) is 12.5. The smallest absolute Gasteiger partial charge is 0.279 e. The molecule has 0 radical (unpaired) electrons. The van der Waals surface area contributed by atoms with Crippen LogP contribution >= 0.6 is 0 Å². The number of hydrogen-bond acceptors (Lipinski definition) is 3. The van der Waals surface area contributed by atoms with Crippen molar-refractivity contribution in [3.05, 3.63) is 30.6 Å². The molecule has 2 amide bonds. The molecule has 0 aliphatic carbocycles. The van der Waals surface area contributed by atoms with Crippen molar-refractivity contribution in [1.82, 2.24) is 29.9 Å². The number of benzene rings is 1. The minimum atomic E-state index is 0.660. The van der Waals surface area contributed by atoms with Crippen LogP contribution in [0.15, 0.2) is 30.6 Å². The van der Waals surface area contributed by atoms with E-state index in [9.17, 15) is 0 Å². The predicted octanol–water partition coefficient (Wildman–Crippen LogP) is 1.52. The van der Waals surface area contributed by atoms with Gasteiger partial charge in [-0.05, 0) is 16.7 Å². The Morgan fingerprint density at radius 2 is 1.86 bits per heavy atom. The highest BCUT2D eigenvalue weighted by Crippen LogP contribution is 2.23. The molecule has 7 nitrogen and oxygen atoms in total. The van der Waals surface area contributed by atoms with Crippen molar-refractivity contribution in [2.24, 2.45) is 0 Å². The third-order valence-electron chi connectivity index (χ3n) is 3.13. The number of rotatable bonds is 1. The van der Waals surface area contributed by atoms with Crippen molar-refractivity contribution in [3.63, 3.8) is 0 Å². The molecular weight excluding hydrogens is 268 g/mol. The lowest BCUT2D eigenvalue weighted by atomic mass is 10.1. The minimum absolute atomic E-state index is 0.660. The van der Waals surface area contributed by atoms with E-state index < -0.39 is 0 Å². The van der Waals surface area contributed by atoms with Gasteiger partial charge < -0.3 is 0 Å². The Bertz CT molecular complexity index is 811. The molecule has 0 N–H and O–H groups in total. The number of hydrogen-bond donors (Lipinski definition) is 0. The van der Waals surface area contributed by atoms with Crippen LogP contribution in [0.3, 0.4) is 0 Å². The Morgan fingerprint density at radius 1 is 1.10 bits per heavy atom. The average Bonchev–Trinajstić information content (AvgIpc) is 2.87. The van der Waals surface area contributed by atoms with Crippen LogP contribution in [0.5, 0.6) is 0 Å². The summed E-state index contributed by atoms with van der Waals surface area (Å²) in [5, 5.41) is 10.3. The second-order valence-corrected chi connectivity index (χ2v) is 5.16. The Hall–Kier alpha value is -2.70. The van der Waals surface area contributed by atoms with Crippen LogP contribution in [0.2, 0.25) is 0 Å². The van der Waals surface area contributed by atoms with Crippen LogP contribution in [0, 0.1) is 0 Å². The monoisotopic (exact) mass is 285 g/mol. The highest BCUT2D eigenvalue weighted by molar-refractivity contribution is 6.03. The number of urea groups is 1. The topological polar surface area (TPSA) is 61.4 Å². The second-order valence-electron chi connectivity index (χ2n) is 5.16. The van der Waals surface area contributed by atoms with Crippen molar-refractivity contribution in [3.8, 4) is 0 Å². The summed E-state index contributed by atoms with van der Waals surface area (Å²) in [7, 11) is 7.65. The third-order valence-corrected chi connectivity index (χ3v) is 3.13. The molecule has 0 atom stereocenters. The largest absolute Gasteiger partial charge is 0.554 e. The van der Waals surface area contributed by atoms with Crippen molar-refractivity contribution < 1.29 is 4.53 Å². The predicted molar refractivity (Wildman–Crippen MR) is 81.0 cm³/mol. The van der Waals surface area contributed by atoms with Gasteiger partial charge in [0.25, 0.3) is 0 Å². The SMILES string of the molecule is CN(C)C(=[O+]n1nnc2ccc3cnccc3c21)N(C)C. The van der Waals surface area contributed by atoms with Gasteiger partial charge in [-0.1, -0.05) is 6.07 Å². The lowest BCUT2D eigenvalue weighted by Gasteiger charge is -2.10. The fourth-order valence-electron chi connectivity index (χ4n) is 2.26. The summed E-state index contributed by atoms with van der Waals surface area (Å²) < 4.78 is 5.89. The van der Waals surface area contributed by atoms with Gasteiger partial charge in [0.2, 0.25) is 0 Å². The highest BCUT2D eigenvalue weighted by atomic mass is 16.6.